The van der Waals surface area contributed by atoms with E-state index in [-0.39, 0.29) is 17.9 Å². The topological polar surface area (TPSA) is 46.5 Å². The molecule has 0 unspecified atom stereocenters. The van der Waals surface area contributed by atoms with Gasteiger partial charge in [0.2, 0.25) is 0 Å². The number of benzene rings is 2. The number of esters is 1. The van der Waals surface area contributed by atoms with E-state index in [1.54, 1.807) is 23.9 Å². The zero-order valence-corrected chi connectivity index (χ0v) is 11.3. The Kier molecular flexibility index (Phi) is 4.47. The molecule has 0 saturated heterocycles. The van der Waals surface area contributed by atoms with Gasteiger partial charge in [0.15, 0.2) is 0 Å². The zero-order valence-electron chi connectivity index (χ0n) is 10.5. The van der Waals surface area contributed by atoms with Gasteiger partial charge in [-0.25, -0.2) is 4.79 Å². The van der Waals surface area contributed by atoms with E-state index in [0.717, 1.165) is 10.5 Å². The Hall–Kier alpha value is -1.94. The van der Waals surface area contributed by atoms with Crippen LogP contribution < -0.4 is 0 Å². The molecule has 0 amide bonds. The van der Waals surface area contributed by atoms with E-state index in [1.807, 2.05) is 30.5 Å². The molecule has 19 heavy (non-hydrogen) atoms. The lowest BCUT2D eigenvalue weighted by Gasteiger charge is -2.06. The van der Waals surface area contributed by atoms with Crippen molar-refractivity contribution in [1.29, 1.82) is 0 Å². The predicted octanol–water partition coefficient (Wildman–Crippen LogP) is 3.47. The fourth-order valence-electron chi connectivity index (χ4n) is 1.59. The van der Waals surface area contributed by atoms with Crippen LogP contribution in [0.2, 0.25) is 0 Å². The molecule has 0 radical (unpaired) electrons. The van der Waals surface area contributed by atoms with Gasteiger partial charge in [-0.05, 0) is 36.1 Å². The molecule has 1 N–H and O–H groups in total. The molecular formula is C15H14O3S. The normalized spacial score (nSPS) is 10.2. The van der Waals surface area contributed by atoms with Gasteiger partial charge in [-0.2, -0.15) is 0 Å². The number of carbonyl (C=O) groups is 1. The lowest BCUT2D eigenvalue weighted by atomic mass is 10.2. The summed E-state index contributed by atoms with van der Waals surface area (Å²) in [4.78, 5) is 12.9. The second-order valence-corrected chi connectivity index (χ2v) is 4.82. The van der Waals surface area contributed by atoms with E-state index in [2.05, 4.69) is 0 Å². The summed E-state index contributed by atoms with van der Waals surface area (Å²) in [5, 5.41) is 9.54. The van der Waals surface area contributed by atoms with Crippen LogP contribution in [0, 0.1) is 0 Å². The summed E-state index contributed by atoms with van der Waals surface area (Å²) in [5.74, 6) is -0.586. The third-order valence-electron chi connectivity index (χ3n) is 2.65. The Labute approximate surface area is 116 Å². The average Bonchev–Trinajstić information content (AvgIpc) is 2.46. The van der Waals surface area contributed by atoms with Gasteiger partial charge < -0.3 is 9.84 Å². The molecule has 0 atom stereocenters. The Morgan fingerprint density at radius 2 is 1.84 bits per heavy atom. The Morgan fingerprint density at radius 3 is 2.47 bits per heavy atom. The maximum absolute atomic E-state index is 11.8. The monoisotopic (exact) mass is 274 g/mol. The molecular weight excluding hydrogens is 260 g/mol. The first-order valence-electron chi connectivity index (χ1n) is 5.79. The van der Waals surface area contributed by atoms with Crippen LogP contribution in [-0.4, -0.2) is 17.3 Å². The van der Waals surface area contributed by atoms with Crippen molar-refractivity contribution in [2.75, 3.05) is 6.26 Å². The van der Waals surface area contributed by atoms with Crippen molar-refractivity contribution >= 4 is 17.7 Å². The highest BCUT2D eigenvalue weighted by molar-refractivity contribution is 7.98. The number of carbonyl (C=O) groups excluding carboxylic acids is 1. The number of thioether (sulfide) groups is 1. The van der Waals surface area contributed by atoms with Crippen LogP contribution in [0.25, 0.3) is 0 Å². The Morgan fingerprint density at radius 1 is 1.16 bits per heavy atom. The molecule has 0 aromatic heterocycles. The molecule has 4 heteroatoms. The number of hydrogen-bond donors (Lipinski definition) is 1. The molecule has 0 spiro atoms. The fourth-order valence-corrected chi connectivity index (χ4v) is 2.00. The second-order valence-electron chi connectivity index (χ2n) is 3.94. The van der Waals surface area contributed by atoms with Gasteiger partial charge in [0, 0.05) is 4.90 Å². The molecule has 0 fully saturated rings. The summed E-state index contributed by atoms with van der Waals surface area (Å²) in [6.45, 7) is 0.196. The van der Waals surface area contributed by atoms with Gasteiger partial charge in [-0.15, -0.1) is 11.8 Å². The number of para-hydroxylation sites is 1. The van der Waals surface area contributed by atoms with E-state index in [0.29, 0.717) is 0 Å². The number of hydrogen-bond acceptors (Lipinski definition) is 4. The van der Waals surface area contributed by atoms with Gasteiger partial charge >= 0.3 is 5.97 Å². The lowest BCUT2D eigenvalue weighted by Crippen LogP contribution is -2.05. The Bertz CT molecular complexity index is 564. The highest BCUT2D eigenvalue weighted by atomic mass is 32.2. The average molecular weight is 274 g/mol. The minimum Gasteiger partial charge on any atom is -0.507 e. The van der Waals surface area contributed by atoms with Crippen molar-refractivity contribution in [3.63, 3.8) is 0 Å². The minimum absolute atomic E-state index is 0.0646. The van der Waals surface area contributed by atoms with Crippen LogP contribution in [0.5, 0.6) is 5.75 Å². The number of aromatic hydroxyl groups is 1. The molecule has 2 rings (SSSR count). The maximum atomic E-state index is 11.8. The number of rotatable bonds is 4. The van der Waals surface area contributed by atoms with Crippen molar-refractivity contribution < 1.29 is 14.6 Å². The number of phenolic OH excluding ortho intramolecular Hbond substituents is 1. The van der Waals surface area contributed by atoms with Gasteiger partial charge in [0.05, 0.1) is 0 Å². The first-order chi connectivity index (χ1) is 9.20. The minimum atomic E-state index is -0.521. The quantitative estimate of drug-likeness (QED) is 0.685. The van der Waals surface area contributed by atoms with Crippen LogP contribution in [0.1, 0.15) is 15.9 Å². The van der Waals surface area contributed by atoms with Crippen LogP contribution in [0.3, 0.4) is 0 Å². The molecule has 0 heterocycles. The van der Waals surface area contributed by atoms with Gasteiger partial charge in [0.25, 0.3) is 0 Å². The van der Waals surface area contributed by atoms with Gasteiger partial charge in [-0.1, -0.05) is 24.3 Å². The smallest absolute Gasteiger partial charge is 0.342 e. The van der Waals surface area contributed by atoms with Gasteiger partial charge in [0.1, 0.15) is 17.9 Å². The number of phenols is 1. The summed E-state index contributed by atoms with van der Waals surface area (Å²) in [7, 11) is 0. The molecule has 0 bridgehead atoms. The van der Waals surface area contributed by atoms with E-state index in [1.165, 1.54) is 12.1 Å². The molecule has 3 nitrogen and oxygen atoms in total. The lowest BCUT2D eigenvalue weighted by molar-refractivity contribution is 0.0469. The summed E-state index contributed by atoms with van der Waals surface area (Å²) < 4.78 is 5.16. The summed E-state index contributed by atoms with van der Waals surface area (Å²) in [6, 6.07) is 14.1. The first-order valence-corrected chi connectivity index (χ1v) is 7.01. The first kappa shape index (κ1) is 13.5. The number of ether oxygens (including phenoxy) is 1. The highest BCUT2D eigenvalue weighted by Gasteiger charge is 2.11. The highest BCUT2D eigenvalue weighted by Crippen LogP contribution is 2.18. The molecule has 0 aliphatic rings. The standard InChI is InChI=1S/C15H14O3S/c1-19-12-8-6-11(7-9-12)10-18-15(17)13-4-2-3-5-14(13)16/h2-9,16H,10H2,1H3. The van der Waals surface area contributed by atoms with E-state index >= 15 is 0 Å². The molecule has 0 aliphatic carbocycles. The van der Waals surface area contributed by atoms with Crippen molar-refractivity contribution in [2.24, 2.45) is 0 Å². The van der Waals surface area contributed by atoms with Crippen molar-refractivity contribution in [2.45, 2.75) is 11.5 Å². The van der Waals surface area contributed by atoms with E-state index in [9.17, 15) is 9.90 Å². The van der Waals surface area contributed by atoms with Crippen LogP contribution in [0.15, 0.2) is 53.4 Å². The SMILES string of the molecule is CSc1ccc(COC(=O)c2ccccc2O)cc1. The van der Waals surface area contributed by atoms with Crippen molar-refractivity contribution in [3.8, 4) is 5.75 Å². The zero-order chi connectivity index (χ0) is 13.7. The second kappa shape index (κ2) is 6.29. The van der Waals surface area contributed by atoms with Crippen molar-refractivity contribution in [1.82, 2.24) is 0 Å². The van der Waals surface area contributed by atoms with Crippen molar-refractivity contribution in [3.05, 3.63) is 59.7 Å². The van der Waals surface area contributed by atoms with Gasteiger partial charge in [-0.3, -0.25) is 0 Å². The molecule has 0 saturated carbocycles. The third kappa shape index (κ3) is 3.51. The van der Waals surface area contributed by atoms with Crippen LogP contribution in [0.4, 0.5) is 0 Å². The van der Waals surface area contributed by atoms with Crippen LogP contribution in [-0.2, 0) is 11.3 Å². The van der Waals surface area contributed by atoms with Crippen LogP contribution >= 0.6 is 11.8 Å². The summed E-state index contributed by atoms with van der Waals surface area (Å²) >= 11 is 1.66. The third-order valence-corrected chi connectivity index (χ3v) is 3.40. The van der Waals surface area contributed by atoms with E-state index < -0.39 is 5.97 Å². The Balaban J connectivity index is 1.98. The predicted molar refractivity (Wildman–Crippen MR) is 75.4 cm³/mol. The fraction of sp³-hybridized carbons (Fsp3) is 0.133. The molecule has 0 aliphatic heterocycles. The molecule has 2 aromatic carbocycles. The summed E-state index contributed by atoms with van der Waals surface area (Å²) in [5.41, 5.74) is 1.10. The van der Waals surface area contributed by atoms with E-state index in [4.69, 9.17) is 4.74 Å². The largest absolute Gasteiger partial charge is 0.507 e. The molecule has 98 valence electrons. The molecule has 2 aromatic rings. The summed E-state index contributed by atoms with van der Waals surface area (Å²) in [6.07, 6.45) is 2.01. The maximum Gasteiger partial charge on any atom is 0.342 e.